The lowest BCUT2D eigenvalue weighted by Crippen LogP contribution is -2.36. The number of rotatable bonds is 8. The first-order chi connectivity index (χ1) is 17.6. The molecule has 5 aromatic rings. The minimum Gasteiger partial charge on any atom is -0.227 e. The Morgan fingerprint density at radius 1 is 0.389 bits per heavy atom. The minimum absolute atomic E-state index is 0.670. The van der Waals surface area contributed by atoms with E-state index in [9.17, 15) is 0 Å². The van der Waals surface area contributed by atoms with Gasteiger partial charge in [0.05, 0.1) is 12.4 Å². The van der Waals surface area contributed by atoms with Crippen molar-refractivity contribution in [3.8, 4) is 0 Å². The van der Waals surface area contributed by atoms with Gasteiger partial charge in [0.15, 0.2) is 0 Å². The zero-order chi connectivity index (χ0) is 24.8. The maximum atomic E-state index is 6.90. The van der Waals surface area contributed by atoms with E-state index in [1.54, 1.807) is 0 Å². The molecule has 0 aliphatic heterocycles. The molecule has 0 fully saturated rings. The van der Waals surface area contributed by atoms with Gasteiger partial charge in [0.2, 0.25) is 0 Å². The van der Waals surface area contributed by atoms with E-state index in [1.807, 2.05) is 0 Å². The molecule has 0 unspecified atom stereocenters. The Kier molecular flexibility index (Phi) is 7.77. The second-order valence-corrected chi connectivity index (χ2v) is 17.3. The van der Waals surface area contributed by atoms with E-state index in [-0.39, 0.29) is 0 Å². The molecule has 5 aromatic carbocycles. The van der Waals surface area contributed by atoms with Gasteiger partial charge in [-0.2, -0.15) is 0 Å². The summed E-state index contributed by atoms with van der Waals surface area (Å²) in [5.41, 5.74) is 1.21. The second kappa shape index (κ2) is 11.2. The predicted molar refractivity (Wildman–Crippen MR) is 165 cm³/mol. The van der Waals surface area contributed by atoms with Crippen molar-refractivity contribution in [2.45, 2.75) is 6.54 Å². The Morgan fingerprint density at radius 2 is 0.639 bits per heavy atom. The van der Waals surface area contributed by atoms with Crippen LogP contribution in [0.25, 0.3) is 0 Å². The molecule has 0 aromatic heterocycles. The Hall–Kier alpha value is -2.64. The first-order valence-corrected chi connectivity index (χ1v) is 17.4. The van der Waals surface area contributed by atoms with E-state index in [0.717, 1.165) is 21.2 Å². The molecule has 178 valence electrons. The van der Waals surface area contributed by atoms with Crippen molar-refractivity contribution in [2.75, 3.05) is 0 Å². The topological polar surface area (TPSA) is 3.24 Å². The Bertz CT molecular complexity index is 1310. The van der Waals surface area contributed by atoms with Gasteiger partial charge >= 0.3 is 0 Å². The highest BCUT2D eigenvalue weighted by molar-refractivity contribution is 8.29. The fourth-order valence-electron chi connectivity index (χ4n) is 4.47. The number of hydrogen-bond acceptors (Lipinski definition) is 2. The molecule has 5 rings (SSSR count). The van der Waals surface area contributed by atoms with Gasteiger partial charge in [-0.1, -0.05) is 175 Å². The van der Waals surface area contributed by atoms with Crippen LogP contribution in [0.5, 0.6) is 0 Å². The maximum Gasteiger partial charge on any atom is 0.0757 e. The number of benzene rings is 5. The van der Waals surface area contributed by atoms with Gasteiger partial charge in [-0.25, -0.2) is 4.44 Å². The summed E-state index contributed by atoms with van der Waals surface area (Å²) in [4.78, 5) is 0. The summed E-state index contributed by atoms with van der Waals surface area (Å²) in [6.07, 6.45) is -5.08. The first kappa shape index (κ1) is 25.0. The van der Waals surface area contributed by atoms with E-state index >= 15 is 0 Å². The van der Waals surface area contributed by atoms with E-state index in [2.05, 4.69) is 156 Å². The SMILES string of the molecule is S=P(c1ccccc1)(c1ccccc1)N(Cc1ccccc1)P(=S)(c1ccccc1)c1ccccc1. The fraction of sp³-hybridized carbons (Fsp3) is 0.0323. The van der Waals surface area contributed by atoms with Crippen LogP contribution in [0.1, 0.15) is 5.56 Å². The zero-order valence-electron chi connectivity index (χ0n) is 19.8. The summed E-state index contributed by atoms with van der Waals surface area (Å²) in [6, 6.07) is 53.0. The van der Waals surface area contributed by atoms with Gasteiger partial charge in [0, 0.05) is 27.8 Å². The van der Waals surface area contributed by atoms with Crippen molar-refractivity contribution in [3.05, 3.63) is 157 Å². The molecule has 1 nitrogen and oxygen atoms in total. The van der Waals surface area contributed by atoms with Gasteiger partial charge in [0.25, 0.3) is 0 Å². The zero-order valence-corrected chi connectivity index (χ0v) is 23.2. The summed E-state index contributed by atoms with van der Waals surface area (Å²) in [5, 5.41) is 4.62. The summed E-state index contributed by atoms with van der Waals surface area (Å²) >= 11 is 13.8. The van der Waals surface area contributed by atoms with E-state index in [1.165, 1.54) is 5.56 Å². The van der Waals surface area contributed by atoms with Crippen LogP contribution < -0.4 is 21.2 Å². The molecular weight excluding hydrogens is 512 g/mol. The predicted octanol–water partition coefficient (Wildman–Crippen LogP) is 6.58. The van der Waals surface area contributed by atoms with Crippen LogP contribution in [0.3, 0.4) is 0 Å². The van der Waals surface area contributed by atoms with Gasteiger partial charge in [-0.3, -0.25) is 0 Å². The molecule has 0 N–H and O–H groups in total. The van der Waals surface area contributed by atoms with Crippen molar-refractivity contribution in [3.63, 3.8) is 0 Å². The number of hydrogen-bond donors (Lipinski definition) is 0. The monoisotopic (exact) mass is 539 g/mol. The molecule has 0 atom stereocenters. The van der Waals surface area contributed by atoms with Gasteiger partial charge in [-0.15, -0.1) is 0 Å². The second-order valence-electron chi connectivity index (χ2n) is 8.51. The summed E-state index contributed by atoms with van der Waals surface area (Å²) in [7, 11) is 0. The van der Waals surface area contributed by atoms with Crippen LogP contribution in [0, 0.1) is 0 Å². The molecule has 0 heterocycles. The van der Waals surface area contributed by atoms with Gasteiger partial charge in [-0.05, 0) is 5.56 Å². The highest BCUT2D eigenvalue weighted by atomic mass is 32.5. The third kappa shape index (κ3) is 4.83. The molecule has 0 aliphatic carbocycles. The van der Waals surface area contributed by atoms with Gasteiger partial charge in [0.1, 0.15) is 0 Å². The molecule has 0 spiro atoms. The van der Waals surface area contributed by atoms with Crippen LogP contribution in [-0.4, -0.2) is 4.44 Å². The number of nitrogens with zero attached hydrogens (tertiary/aromatic N) is 1. The third-order valence-corrected chi connectivity index (χ3v) is 17.9. The van der Waals surface area contributed by atoms with E-state index in [4.69, 9.17) is 23.6 Å². The third-order valence-electron chi connectivity index (χ3n) is 6.24. The summed E-state index contributed by atoms with van der Waals surface area (Å²) in [5.74, 6) is 0. The average Bonchev–Trinajstić information content (AvgIpc) is 2.97. The molecule has 0 bridgehead atoms. The van der Waals surface area contributed by atoms with Crippen LogP contribution >= 0.6 is 12.4 Å². The van der Waals surface area contributed by atoms with Gasteiger partial charge < -0.3 is 0 Å². The molecule has 5 heteroatoms. The Morgan fingerprint density at radius 3 is 0.917 bits per heavy atom. The lowest BCUT2D eigenvalue weighted by molar-refractivity contribution is 0.714. The Balaban J connectivity index is 1.86. The fourth-order valence-corrected chi connectivity index (χ4v) is 16.0. The highest BCUT2D eigenvalue weighted by Gasteiger charge is 2.41. The highest BCUT2D eigenvalue weighted by Crippen LogP contribution is 2.65. The van der Waals surface area contributed by atoms with Crippen molar-refractivity contribution < 1.29 is 0 Å². The molecule has 0 saturated heterocycles. The first-order valence-electron chi connectivity index (χ1n) is 11.9. The van der Waals surface area contributed by atoms with Crippen LogP contribution in [0.4, 0.5) is 0 Å². The van der Waals surface area contributed by atoms with Crippen molar-refractivity contribution in [2.24, 2.45) is 0 Å². The molecule has 0 aliphatic rings. The van der Waals surface area contributed by atoms with Crippen molar-refractivity contribution >= 4 is 57.2 Å². The van der Waals surface area contributed by atoms with Crippen LogP contribution in [0.15, 0.2) is 152 Å². The van der Waals surface area contributed by atoms with E-state index in [0.29, 0.717) is 6.54 Å². The van der Waals surface area contributed by atoms with Crippen LogP contribution in [0.2, 0.25) is 0 Å². The smallest absolute Gasteiger partial charge is 0.0757 e. The summed E-state index contributed by atoms with van der Waals surface area (Å²) in [6.45, 7) is 0.670. The van der Waals surface area contributed by atoms with Crippen LogP contribution in [-0.2, 0) is 30.2 Å². The quantitative estimate of drug-likeness (QED) is 0.205. The molecular formula is C31H27NP2S2. The summed E-state index contributed by atoms with van der Waals surface area (Å²) < 4.78 is 2.54. The molecule has 36 heavy (non-hydrogen) atoms. The Labute approximate surface area is 224 Å². The molecule has 0 saturated carbocycles. The minimum atomic E-state index is -2.54. The maximum absolute atomic E-state index is 6.90. The van der Waals surface area contributed by atoms with Crippen molar-refractivity contribution in [1.82, 2.24) is 4.44 Å². The van der Waals surface area contributed by atoms with E-state index < -0.39 is 12.4 Å². The lowest BCUT2D eigenvalue weighted by Gasteiger charge is -2.44. The largest absolute Gasteiger partial charge is 0.227 e. The lowest BCUT2D eigenvalue weighted by atomic mass is 10.2. The molecule has 0 radical (unpaired) electrons. The molecule has 0 amide bonds. The average molecular weight is 540 g/mol. The standard InChI is InChI=1S/C31H27NP2S2/c35-33(28-18-8-2-9-19-28,29-20-10-3-11-21-29)32(26-27-16-6-1-7-17-27)34(36,30-22-12-4-13-23-30)31-24-14-5-15-25-31/h1-25H,26H2. The van der Waals surface area contributed by atoms with Crippen molar-refractivity contribution in [1.29, 1.82) is 0 Å². The normalized spacial score (nSPS) is 11.9.